The molecule has 0 bridgehead atoms. The molecule has 7 nitrogen and oxygen atoms in total. The molecule has 17 heavy (non-hydrogen) atoms. The third-order valence-corrected chi connectivity index (χ3v) is 2.65. The van der Waals surface area contributed by atoms with Crippen LogP contribution >= 0.6 is 0 Å². The zero-order valence-corrected chi connectivity index (χ0v) is 9.38. The summed E-state index contributed by atoms with van der Waals surface area (Å²) >= 11 is 0. The fraction of sp³-hybridized carbons (Fsp3) is 0.200. The molecule has 0 atom stereocenters. The number of imidazole rings is 1. The molecule has 0 saturated carbocycles. The van der Waals surface area contributed by atoms with E-state index >= 15 is 0 Å². The Hall–Kier alpha value is -2.44. The number of nitrogen functional groups attached to an aromatic ring is 1. The summed E-state index contributed by atoms with van der Waals surface area (Å²) in [4.78, 5) is 8.18. The van der Waals surface area contributed by atoms with Gasteiger partial charge in [-0.1, -0.05) is 5.16 Å². The SMILES string of the molecule is Cc1nn2cnc(C)c2c(N)c1-c1ncno1. The van der Waals surface area contributed by atoms with Crippen LogP contribution in [0.4, 0.5) is 5.69 Å². The largest absolute Gasteiger partial charge is 0.396 e. The molecule has 0 unspecified atom stereocenters. The first-order valence-electron chi connectivity index (χ1n) is 5.05. The Morgan fingerprint density at radius 2 is 2.06 bits per heavy atom. The fourth-order valence-electron chi connectivity index (χ4n) is 1.90. The number of rotatable bonds is 1. The molecule has 0 spiro atoms. The Bertz CT molecular complexity index is 684. The van der Waals surface area contributed by atoms with E-state index < -0.39 is 0 Å². The lowest BCUT2D eigenvalue weighted by Gasteiger charge is -2.07. The molecule has 0 amide bonds. The van der Waals surface area contributed by atoms with Gasteiger partial charge in [-0.3, -0.25) is 0 Å². The van der Waals surface area contributed by atoms with E-state index in [2.05, 4.69) is 20.2 Å². The molecule has 0 saturated heterocycles. The highest BCUT2D eigenvalue weighted by Crippen LogP contribution is 2.30. The van der Waals surface area contributed by atoms with Crippen molar-refractivity contribution in [3.05, 3.63) is 24.0 Å². The average molecular weight is 230 g/mol. The van der Waals surface area contributed by atoms with Crippen LogP contribution in [0.3, 0.4) is 0 Å². The number of aryl methyl sites for hydroxylation is 2. The Balaban J connectivity index is 2.42. The summed E-state index contributed by atoms with van der Waals surface area (Å²) in [5.74, 6) is 0.371. The monoisotopic (exact) mass is 230 g/mol. The highest BCUT2D eigenvalue weighted by Gasteiger charge is 2.18. The highest BCUT2D eigenvalue weighted by molar-refractivity contribution is 5.86. The molecule has 0 aliphatic carbocycles. The second-order valence-electron chi connectivity index (χ2n) is 3.74. The van der Waals surface area contributed by atoms with Crippen LogP contribution in [0.15, 0.2) is 17.2 Å². The maximum absolute atomic E-state index is 6.13. The molecular formula is C10H10N6O. The first-order chi connectivity index (χ1) is 8.18. The van der Waals surface area contributed by atoms with Gasteiger partial charge in [-0.2, -0.15) is 10.1 Å². The van der Waals surface area contributed by atoms with Gasteiger partial charge >= 0.3 is 0 Å². The Kier molecular flexibility index (Phi) is 1.88. The highest BCUT2D eigenvalue weighted by atomic mass is 16.5. The topological polar surface area (TPSA) is 95.1 Å². The summed E-state index contributed by atoms with van der Waals surface area (Å²) in [5.41, 5.74) is 9.65. The lowest BCUT2D eigenvalue weighted by molar-refractivity contribution is 0.430. The van der Waals surface area contributed by atoms with Crippen LogP contribution in [-0.4, -0.2) is 24.7 Å². The van der Waals surface area contributed by atoms with Crippen LogP contribution in [-0.2, 0) is 0 Å². The minimum atomic E-state index is 0.371. The lowest BCUT2D eigenvalue weighted by atomic mass is 10.1. The van der Waals surface area contributed by atoms with E-state index in [0.29, 0.717) is 17.1 Å². The van der Waals surface area contributed by atoms with Crippen LogP contribution in [0.5, 0.6) is 0 Å². The van der Waals surface area contributed by atoms with Gasteiger partial charge < -0.3 is 10.3 Å². The van der Waals surface area contributed by atoms with E-state index in [1.807, 2.05) is 13.8 Å². The van der Waals surface area contributed by atoms with Crippen molar-refractivity contribution in [1.29, 1.82) is 0 Å². The van der Waals surface area contributed by atoms with Crippen molar-refractivity contribution in [2.75, 3.05) is 5.73 Å². The van der Waals surface area contributed by atoms with Gasteiger partial charge in [0.15, 0.2) is 6.33 Å². The summed E-state index contributed by atoms with van der Waals surface area (Å²) in [6.07, 6.45) is 2.97. The molecule has 3 aromatic rings. The predicted octanol–water partition coefficient (Wildman–Crippen LogP) is 0.978. The van der Waals surface area contributed by atoms with E-state index in [-0.39, 0.29) is 0 Å². The Morgan fingerprint density at radius 1 is 1.24 bits per heavy atom. The second-order valence-corrected chi connectivity index (χ2v) is 3.74. The molecule has 7 heteroatoms. The number of hydrogen-bond donors (Lipinski definition) is 1. The summed E-state index contributed by atoms with van der Waals surface area (Å²) in [6, 6.07) is 0. The van der Waals surface area contributed by atoms with Gasteiger partial charge in [0.1, 0.15) is 11.8 Å². The number of aromatic nitrogens is 5. The van der Waals surface area contributed by atoms with Gasteiger partial charge in [-0.15, -0.1) is 0 Å². The molecule has 2 N–H and O–H groups in total. The number of fused-ring (bicyclic) bond motifs is 1. The fourth-order valence-corrected chi connectivity index (χ4v) is 1.90. The molecular weight excluding hydrogens is 220 g/mol. The molecule has 3 heterocycles. The van der Waals surface area contributed by atoms with Crippen molar-refractivity contribution in [2.45, 2.75) is 13.8 Å². The number of nitrogens with two attached hydrogens (primary N) is 1. The molecule has 0 aliphatic rings. The zero-order valence-electron chi connectivity index (χ0n) is 9.38. The van der Waals surface area contributed by atoms with E-state index in [0.717, 1.165) is 16.9 Å². The van der Waals surface area contributed by atoms with Gasteiger partial charge in [-0.25, -0.2) is 9.50 Å². The van der Waals surface area contributed by atoms with E-state index in [4.69, 9.17) is 10.3 Å². The van der Waals surface area contributed by atoms with Gasteiger partial charge in [-0.05, 0) is 13.8 Å². The quantitative estimate of drug-likeness (QED) is 0.669. The van der Waals surface area contributed by atoms with E-state index in [9.17, 15) is 0 Å². The first-order valence-corrected chi connectivity index (χ1v) is 5.05. The van der Waals surface area contributed by atoms with Crippen molar-refractivity contribution in [3.63, 3.8) is 0 Å². The molecule has 3 aromatic heterocycles. The van der Waals surface area contributed by atoms with Crippen molar-refractivity contribution in [2.24, 2.45) is 0 Å². The Morgan fingerprint density at radius 3 is 2.76 bits per heavy atom. The summed E-state index contributed by atoms with van der Waals surface area (Å²) in [5, 5.41) is 7.94. The summed E-state index contributed by atoms with van der Waals surface area (Å²) in [7, 11) is 0. The van der Waals surface area contributed by atoms with Gasteiger partial charge in [0.05, 0.1) is 22.6 Å². The standard InChI is InChI=1S/C10H10N6O/c1-5-7(10-12-3-14-17-10)8(11)9-6(2)13-4-16(9)15-5/h3-4H,11H2,1-2H3. The van der Waals surface area contributed by atoms with Gasteiger partial charge in [0.2, 0.25) is 0 Å². The predicted molar refractivity (Wildman–Crippen MR) is 60.2 cm³/mol. The maximum atomic E-state index is 6.13. The first kappa shape index (κ1) is 9.76. The lowest BCUT2D eigenvalue weighted by Crippen LogP contribution is -2.03. The van der Waals surface area contributed by atoms with Gasteiger partial charge in [0, 0.05) is 0 Å². The third-order valence-electron chi connectivity index (χ3n) is 2.65. The normalized spacial score (nSPS) is 11.2. The molecule has 0 radical (unpaired) electrons. The van der Waals surface area contributed by atoms with E-state index in [1.165, 1.54) is 6.33 Å². The molecule has 86 valence electrons. The van der Waals surface area contributed by atoms with Crippen LogP contribution in [0.2, 0.25) is 0 Å². The summed E-state index contributed by atoms with van der Waals surface area (Å²) < 4.78 is 6.69. The van der Waals surface area contributed by atoms with E-state index in [1.54, 1.807) is 10.8 Å². The number of anilines is 1. The van der Waals surface area contributed by atoms with Crippen molar-refractivity contribution < 1.29 is 4.52 Å². The molecule has 0 aliphatic heterocycles. The van der Waals surface area contributed by atoms with Gasteiger partial charge in [0.25, 0.3) is 5.89 Å². The molecule has 0 fully saturated rings. The maximum Gasteiger partial charge on any atom is 0.261 e. The van der Waals surface area contributed by atoms with Crippen LogP contribution in [0.1, 0.15) is 11.4 Å². The van der Waals surface area contributed by atoms with Crippen molar-refractivity contribution in [1.82, 2.24) is 24.7 Å². The smallest absolute Gasteiger partial charge is 0.261 e. The molecule has 0 aromatic carbocycles. The number of nitrogens with zero attached hydrogens (tertiary/aromatic N) is 5. The second kappa shape index (κ2) is 3.27. The van der Waals surface area contributed by atoms with Crippen LogP contribution in [0.25, 0.3) is 17.0 Å². The Labute approximate surface area is 96.3 Å². The van der Waals surface area contributed by atoms with Crippen LogP contribution < -0.4 is 5.73 Å². The molecule has 3 rings (SSSR count). The number of hydrogen-bond acceptors (Lipinski definition) is 6. The zero-order chi connectivity index (χ0) is 12.0. The van der Waals surface area contributed by atoms with Crippen LogP contribution in [0, 0.1) is 13.8 Å². The van der Waals surface area contributed by atoms with Crippen molar-refractivity contribution in [3.8, 4) is 11.5 Å². The van der Waals surface area contributed by atoms with Crippen molar-refractivity contribution >= 4 is 11.2 Å². The average Bonchev–Trinajstić information content (AvgIpc) is 2.89. The minimum absolute atomic E-state index is 0.371. The summed E-state index contributed by atoms with van der Waals surface area (Å²) in [6.45, 7) is 3.71. The minimum Gasteiger partial charge on any atom is -0.396 e. The third kappa shape index (κ3) is 1.28.